The van der Waals surface area contributed by atoms with E-state index in [9.17, 15) is 10.0 Å². The van der Waals surface area contributed by atoms with Gasteiger partial charge >= 0.3 is 14.2 Å². The highest BCUT2D eigenvalue weighted by Gasteiger charge is 2.52. The van der Waals surface area contributed by atoms with Crippen LogP contribution in [0, 0.1) is 3.57 Å². The summed E-state index contributed by atoms with van der Waals surface area (Å²) in [6, 6.07) is 155. The number of nitrogens with zero attached hydrogens (tertiary/aromatic N) is 2. The topological polar surface area (TPSA) is 108 Å². The third kappa shape index (κ3) is 17.0. The number of hydrogen-bond donors (Lipinski definition) is 2. The number of fused-ring (bicyclic) bond motifs is 15. The highest BCUT2D eigenvalue weighted by Crippen LogP contribution is 2.45. The molecule has 134 heavy (non-hydrogen) atoms. The fraction of sp³-hybridized carbons (Fsp3) is 0.0500. The fourth-order valence-corrected chi connectivity index (χ4v) is 19.3. The second-order valence-electron chi connectivity index (χ2n) is 34.5. The Morgan fingerprint density at radius 2 is 0.552 bits per heavy atom. The van der Waals surface area contributed by atoms with E-state index < -0.39 is 25.4 Å². The van der Waals surface area contributed by atoms with Crippen LogP contribution in [0.5, 0.6) is 0 Å². The van der Waals surface area contributed by atoms with Crippen LogP contribution < -0.4 is 10.9 Å². The number of benzene rings is 19. The first kappa shape index (κ1) is 86.5. The Morgan fingerprint density at radius 1 is 0.261 bits per heavy atom. The minimum Gasteiger partial charge on any atom is -0.456 e. The molecule has 1 saturated heterocycles. The van der Waals surface area contributed by atoms with Crippen molar-refractivity contribution in [2.45, 2.75) is 38.9 Å². The van der Waals surface area contributed by atoms with Crippen molar-refractivity contribution in [3.63, 3.8) is 0 Å². The fourth-order valence-electron chi connectivity index (χ4n) is 18.4. The second kappa shape index (κ2) is 37.1. The van der Waals surface area contributed by atoms with Gasteiger partial charge in [0.05, 0.1) is 39.0 Å². The van der Waals surface area contributed by atoms with Gasteiger partial charge in [-0.25, -0.2) is 0 Å². The minimum absolute atomic E-state index is 0.397. The number of rotatable bonds is 11. The van der Waals surface area contributed by atoms with E-state index in [1.807, 2.05) is 72.8 Å². The monoisotopic (exact) mass is 1970 g/mol. The van der Waals surface area contributed by atoms with Crippen molar-refractivity contribution in [2.75, 3.05) is 0 Å². The Balaban J connectivity index is 0.000000113. The lowest BCUT2D eigenvalue weighted by Crippen LogP contribution is -2.41. The molecular weight excluding hydrogens is 1890 g/mol. The van der Waals surface area contributed by atoms with Gasteiger partial charge < -0.3 is 41.7 Å². The summed E-state index contributed by atoms with van der Waals surface area (Å²) in [5.41, 5.74) is 29.1. The van der Waals surface area contributed by atoms with Crippen LogP contribution in [0.4, 0.5) is 0 Å². The van der Waals surface area contributed by atoms with Crippen LogP contribution in [0.2, 0.25) is 0 Å². The number of hydrogen-bond acceptors (Lipinski definition) is 7. The van der Waals surface area contributed by atoms with Crippen molar-refractivity contribution >= 4 is 189 Å². The van der Waals surface area contributed by atoms with Gasteiger partial charge in [-0.2, -0.15) is 0 Å². The Kier molecular flexibility index (Phi) is 24.0. The number of para-hydroxylation sites is 8. The maximum atomic E-state index is 9.24. The van der Waals surface area contributed by atoms with E-state index in [2.05, 4.69) is 449 Å². The summed E-state index contributed by atoms with van der Waals surface area (Å²) >= 11 is 9.09. The van der Waals surface area contributed by atoms with Crippen LogP contribution in [-0.4, -0.2) is 44.6 Å². The first-order chi connectivity index (χ1) is 65.5. The van der Waals surface area contributed by atoms with E-state index in [1.165, 1.54) is 97.0 Å². The molecule has 2 N–H and O–H groups in total. The molecule has 0 amide bonds. The zero-order valence-electron chi connectivity index (χ0n) is 73.8. The Morgan fingerprint density at radius 3 is 0.948 bits per heavy atom. The van der Waals surface area contributed by atoms with Gasteiger partial charge in [-0.1, -0.05) is 359 Å². The van der Waals surface area contributed by atoms with Gasteiger partial charge in [0.25, 0.3) is 0 Å². The average Bonchev–Trinajstić information content (AvgIpc) is 1.58. The Labute approximate surface area is 807 Å². The molecule has 0 bridgehead atoms. The zero-order valence-corrected chi connectivity index (χ0v) is 79.1. The summed E-state index contributed by atoms with van der Waals surface area (Å²) in [5.74, 6) is 0. The molecule has 19 aromatic carbocycles. The number of aromatic nitrogens is 2. The molecule has 1 fully saturated rings. The van der Waals surface area contributed by atoms with E-state index >= 15 is 0 Å². The van der Waals surface area contributed by atoms with Crippen LogP contribution in [-0.2, 0) is 9.31 Å². The van der Waals surface area contributed by atoms with Crippen LogP contribution in [0.1, 0.15) is 27.7 Å². The van der Waals surface area contributed by atoms with E-state index in [-0.39, 0.29) is 0 Å². The molecule has 6 heterocycles. The Bertz CT molecular complexity index is 8220. The zero-order chi connectivity index (χ0) is 91.1. The van der Waals surface area contributed by atoms with E-state index in [1.54, 1.807) is 12.1 Å². The largest absolute Gasteiger partial charge is 0.496 e. The first-order valence-electron chi connectivity index (χ1n) is 44.8. The third-order valence-corrected chi connectivity index (χ3v) is 27.6. The van der Waals surface area contributed by atoms with Crippen molar-refractivity contribution in [2.24, 2.45) is 0 Å². The van der Waals surface area contributed by atoms with Crippen LogP contribution >= 0.6 is 54.5 Å². The molecule has 9 nitrogen and oxygen atoms in total. The normalized spacial score (nSPS) is 12.7. The SMILES string of the molecule is Brc1ccc(-c2cccc3c2oc2ccccc23)cc1.Brc1ccc(I)cc1.CC1(C)OB(c2ccccc2-n2c3ccc(-c4ccccc4)cc3c3cc(-c4ccccc4)ccc32)OC1(C)C.OB(O)c1cccc2c1oc1ccccc12.c1ccc(-c2ccc3c(c2)c2cc(-c4ccccc4)ccc2n3-c2ccccc2-c2ccc(-c3cccc4c3oc3ccccc34)cc2)cc1. The quantitative estimate of drug-likeness (QED) is 0.0981. The van der Waals surface area contributed by atoms with Crippen LogP contribution in [0.3, 0.4) is 0 Å². The maximum Gasteiger partial charge on any atom is 0.496 e. The molecule has 0 aliphatic carbocycles. The maximum absolute atomic E-state index is 9.24. The molecule has 0 saturated carbocycles. The van der Waals surface area contributed by atoms with Gasteiger partial charge in [-0.3, -0.25) is 0 Å². The second-order valence-corrected chi connectivity index (χ2v) is 37.6. The van der Waals surface area contributed by atoms with Gasteiger partial charge in [0.2, 0.25) is 0 Å². The molecule has 1 aliphatic heterocycles. The van der Waals surface area contributed by atoms with Gasteiger partial charge in [-0.15, -0.1) is 0 Å². The van der Waals surface area contributed by atoms with Gasteiger partial charge in [-0.05, 0) is 227 Å². The molecule has 0 atom stereocenters. The minimum atomic E-state index is -1.51. The van der Waals surface area contributed by atoms with Crippen molar-refractivity contribution in [3.8, 4) is 89.3 Å². The van der Waals surface area contributed by atoms with Gasteiger partial charge in [0, 0.05) is 99.7 Å². The molecule has 1 aliphatic rings. The smallest absolute Gasteiger partial charge is 0.456 e. The van der Waals surface area contributed by atoms with Crippen LogP contribution in [0.25, 0.3) is 199 Å². The summed E-state index contributed by atoms with van der Waals surface area (Å²) in [5, 5.41) is 29.9. The number of furan rings is 3. The highest BCUT2D eigenvalue weighted by molar-refractivity contribution is 14.1. The molecule has 24 aromatic rings. The lowest BCUT2D eigenvalue weighted by atomic mass is 9.77. The average molecular weight is 1980 g/mol. The van der Waals surface area contributed by atoms with Crippen molar-refractivity contribution in [1.29, 1.82) is 0 Å². The van der Waals surface area contributed by atoms with Crippen LogP contribution in [0.15, 0.2) is 465 Å². The van der Waals surface area contributed by atoms with E-state index in [0.717, 1.165) is 114 Å². The predicted octanol–water partition coefficient (Wildman–Crippen LogP) is 32.1. The lowest BCUT2D eigenvalue weighted by Gasteiger charge is -2.32. The molecule has 0 unspecified atom stereocenters. The first-order valence-corrected chi connectivity index (χ1v) is 47.4. The van der Waals surface area contributed by atoms with Gasteiger partial charge in [0.1, 0.15) is 33.5 Å². The van der Waals surface area contributed by atoms with Crippen molar-refractivity contribution in [3.05, 3.63) is 455 Å². The summed E-state index contributed by atoms with van der Waals surface area (Å²) in [6.45, 7) is 8.41. The van der Waals surface area contributed by atoms with Crippen molar-refractivity contribution in [1.82, 2.24) is 9.13 Å². The van der Waals surface area contributed by atoms with E-state index in [0.29, 0.717) is 11.0 Å². The van der Waals surface area contributed by atoms with E-state index in [4.69, 9.17) is 22.6 Å². The summed E-state index contributed by atoms with van der Waals surface area (Å²) in [4.78, 5) is 0. The highest BCUT2D eigenvalue weighted by atomic mass is 127. The molecule has 5 aromatic heterocycles. The standard InChI is InChI=1S/C48H31NO.C36H32BNO2.C18H11BrO.C12H9BO3.C6H4BrI/c1-3-12-32(13-4-1)36-26-28-45-42(30-36)43-31-37(33-14-5-2-6-15-33)27-29-46(43)49(45)44-20-9-7-16-38(44)34-22-24-35(25-23-34)39-18-11-19-41-40-17-8-10-21-47(40)50-48(39)41;1-35(2)36(3,4)40-37(39-35)31-17-11-12-18-34(31)38-32-21-19-27(25-13-7-5-8-14-25)23-29(32)30-24-28(20-22-33(30)38)26-15-9-6-10-16-26;19-13-10-8-12(9-11-13)14-5-3-6-16-15-4-1-2-7-17(15)20-18(14)16;14-13(15)10-6-3-5-9-8-4-1-2-7-11(8)16-12(9)10;7-5-1-3-6(8)4-2-5/h1-31H;5-24H,1-4H3;1-11H;1-7,14-15H;1-4H. The predicted molar refractivity (Wildman–Crippen MR) is 574 cm³/mol. The molecule has 14 heteroatoms. The summed E-state index contributed by atoms with van der Waals surface area (Å²) in [7, 11) is -1.97. The summed E-state index contributed by atoms with van der Waals surface area (Å²) in [6.07, 6.45) is 0. The summed E-state index contributed by atoms with van der Waals surface area (Å²) < 4.78 is 39.4. The molecule has 0 radical (unpaired) electrons. The lowest BCUT2D eigenvalue weighted by molar-refractivity contribution is 0.00578. The Hall–Kier alpha value is -14.2. The molecule has 0 spiro atoms. The van der Waals surface area contributed by atoms with Crippen molar-refractivity contribution < 1.29 is 32.6 Å². The van der Waals surface area contributed by atoms with Gasteiger partial charge in [0.15, 0.2) is 0 Å². The molecule has 646 valence electrons. The number of halogens is 3. The molecular formula is C120H87B2Br2IN2O7. The molecule has 25 rings (SSSR count). The third-order valence-electron chi connectivity index (χ3n) is 25.8.